The Balaban J connectivity index is 1.95. The molecule has 0 atom stereocenters. The molecule has 1 heterocycles. The molecule has 2 aromatic carbocycles. The van der Waals surface area contributed by atoms with Crippen LogP contribution in [0.4, 0.5) is 11.4 Å². The molecule has 1 amide bonds. The maximum absolute atomic E-state index is 12.2. The largest absolute Gasteiger partial charge is 0.398 e. The summed E-state index contributed by atoms with van der Waals surface area (Å²) < 4.78 is 0. The molecule has 3 aromatic rings. The van der Waals surface area contributed by atoms with E-state index in [0.29, 0.717) is 16.9 Å². The second-order valence-electron chi connectivity index (χ2n) is 4.18. The van der Waals surface area contributed by atoms with Gasteiger partial charge in [-0.15, -0.1) is 0 Å². The fourth-order valence-electron chi connectivity index (χ4n) is 1.97. The van der Waals surface area contributed by atoms with Gasteiger partial charge in [0.05, 0.1) is 23.0 Å². The minimum atomic E-state index is -0.236. The van der Waals surface area contributed by atoms with Crippen LogP contribution in [-0.2, 0) is 0 Å². The number of aromatic amines is 1. The molecule has 0 aliphatic carbocycles. The average Bonchev–Trinajstić information content (AvgIpc) is 2.88. The zero-order valence-corrected chi connectivity index (χ0v) is 10.1. The van der Waals surface area contributed by atoms with E-state index in [1.54, 1.807) is 30.5 Å². The third-order valence-electron chi connectivity index (χ3n) is 2.93. The van der Waals surface area contributed by atoms with Gasteiger partial charge in [-0.3, -0.25) is 9.89 Å². The van der Waals surface area contributed by atoms with Crippen molar-refractivity contribution in [3.63, 3.8) is 0 Å². The molecular weight excluding hydrogens is 240 g/mol. The Morgan fingerprint density at radius 2 is 2.00 bits per heavy atom. The van der Waals surface area contributed by atoms with E-state index in [1.165, 1.54) is 0 Å². The van der Waals surface area contributed by atoms with Gasteiger partial charge in [0.2, 0.25) is 0 Å². The number of hydrogen-bond acceptors (Lipinski definition) is 3. The van der Waals surface area contributed by atoms with Gasteiger partial charge in [-0.05, 0) is 18.2 Å². The van der Waals surface area contributed by atoms with E-state index in [0.717, 1.165) is 10.9 Å². The Bertz CT molecular complexity index is 748. The first-order valence-electron chi connectivity index (χ1n) is 5.83. The maximum Gasteiger partial charge on any atom is 0.257 e. The number of aromatic nitrogens is 2. The monoisotopic (exact) mass is 252 g/mol. The molecular formula is C14H12N4O. The van der Waals surface area contributed by atoms with Gasteiger partial charge in [0.15, 0.2) is 0 Å². The minimum absolute atomic E-state index is 0.236. The zero-order valence-electron chi connectivity index (χ0n) is 10.1. The van der Waals surface area contributed by atoms with Crippen LogP contribution in [0.25, 0.3) is 10.9 Å². The van der Waals surface area contributed by atoms with Crippen molar-refractivity contribution < 1.29 is 4.79 Å². The van der Waals surface area contributed by atoms with Gasteiger partial charge < -0.3 is 11.1 Å². The number of anilines is 2. The molecule has 5 heteroatoms. The first-order chi connectivity index (χ1) is 9.25. The first kappa shape index (κ1) is 11.3. The van der Waals surface area contributed by atoms with E-state index in [2.05, 4.69) is 15.5 Å². The second-order valence-corrected chi connectivity index (χ2v) is 4.18. The number of carbonyl (C=O) groups excluding carboxylic acids is 1. The fourth-order valence-corrected chi connectivity index (χ4v) is 1.97. The highest BCUT2D eigenvalue weighted by molar-refractivity contribution is 6.10. The molecule has 94 valence electrons. The van der Waals surface area contributed by atoms with Gasteiger partial charge in [-0.2, -0.15) is 5.10 Å². The molecule has 0 bridgehead atoms. The van der Waals surface area contributed by atoms with Crippen LogP contribution in [-0.4, -0.2) is 16.1 Å². The number of H-pyrrole nitrogens is 1. The topological polar surface area (TPSA) is 83.8 Å². The van der Waals surface area contributed by atoms with E-state index in [4.69, 9.17) is 5.73 Å². The number of para-hydroxylation sites is 2. The molecule has 5 nitrogen and oxygen atoms in total. The number of rotatable bonds is 2. The molecule has 4 N–H and O–H groups in total. The summed E-state index contributed by atoms with van der Waals surface area (Å²) in [4.78, 5) is 12.2. The van der Waals surface area contributed by atoms with E-state index < -0.39 is 0 Å². The Morgan fingerprint density at radius 1 is 1.16 bits per heavy atom. The first-order valence-corrected chi connectivity index (χ1v) is 5.83. The molecule has 3 rings (SSSR count). The van der Waals surface area contributed by atoms with Crippen LogP contribution in [0, 0.1) is 0 Å². The Labute approximate surface area is 109 Å². The Morgan fingerprint density at radius 3 is 2.84 bits per heavy atom. The van der Waals surface area contributed by atoms with E-state index in [1.807, 2.05) is 18.2 Å². The lowest BCUT2D eigenvalue weighted by atomic mass is 10.1. The number of hydrogen-bond donors (Lipinski definition) is 3. The molecule has 0 fully saturated rings. The van der Waals surface area contributed by atoms with Crippen molar-refractivity contribution in [2.45, 2.75) is 0 Å². The minimum Gasteiger partial charge on any atom is -0.398 e. The van der Waals surface area contributed by atoms with Gasteiger partial charge in [0, 0.05) is 11.1 Å². The third kappa shape index (κ3) is 2.01. The van der Waals surface area contributed by atoms with Crippen molar-refractivity contribution in [3.8, 4) is 0 Å². The fraction of sp³-hybridized carbons (Fsp3) is 0. The zero-order chi connectivity index (χ0) is 13.2. The number of fused-ring (bicyclic) bond motifs is 1. The molecule has 0 unspecified atom stereocenters. The highest BCUT2D eigenvalue weighted by Gasteiger charge is 2.11. The summed E-state index contributed by atoms with van der Waals surface area (Å²) in [6.07, 6.45) is 1.71. The maximum atomic E-state index is 12.2. The van der Waals surface area contributed by atoms with Gasteiger partial charge >= 0.3 is 0 Å². The lowest BCUT2D eigenvalue weighted by Gasteiger charge is -2.08. The molecule has 0 spiro atoms. The van der Waals surface area contributed by atoms with Crippen molar-refractivity contribution in [3.05, 3.63) is 54.2 Å². The second kappa shape index (κ2) is 4.45. The quantitative estimate of drug-likeness (QED) is 0.612. The van der Waals surface area contributed by atoms with Gasteiger partial charge in [0.1, 0.15) is 0 Å². The summed E-state index contributed by atoms with van der Waals surface area (Å²) >= 11 is 0. The van der Waals surface area contributed by atoms with Crippen LogP contribution in [0.1, 0.15) is 10.4 Å². The lowest BCUT2D eigenvalue weighted by Crippen LogP contribution is -2.14. The number of benzene rings is 2. The number of nitrogens with one attached hydrogen (secondary N) is 2. The third-order valence-corrected chi connectivity index (χ3v) is 2.93. The summed E-state index contributed by atoms with van der Waals surface area (Å²) in [6.45, 7) is 0. The smallest absolute Gasteiger partial charge is 0.257 e. The molecule has 19 heavy (non-hydrogen) atoms. The molecule has 0 saturated heterocycles. The summed E-state index contributed by atoms with van der Waals surface area (Å²) in [5, 5.41) is 10.6. The van der Waals surface area contributed by atoms with Crippen molar-refractivity contribution in [2.75, 3.05) is 11.1 Å². The van der Waals surface area contributed by atoms with Crippen molar-refractivity contribution in [2.24, 2.45) is 0 Å². The van der Waals surface area contributed by atoms with Gasteiger partial charge in [-0.1, -0.05) is 24.3 Å². The SMILES string of the molecule is Nc1ccccc1C(=O)Nc1cccc2cn[nH]c12. The van der Waals surface area contributed by atoms with Crippen molar-refractivity contribution in [1.82, 2.24) is 10.2 Å². The van der Waals surface area contributed by atoms with Gasteiger partial charge in [-0.25, -0.2) is 0 Å². The molecule has 0 aliphatic heterocycles. The Kier molecular flexibility index (Phi) is 2.64. The number of carbonyl (C=O) groups is 1. The highest BCUT2D eigenvalue weighted by atomic mass is 16.1. The number of nitrogens with two attached hydrogens (primary N) is 1. The van der Waals surface area contributed by atoms with E-state index in [-0.39, 0.29) is 5.91 Å². The van der Waals surface area contributed by atoms with Crippen LogP contribution in [0.3, 0.4) is 0 Å². The predicted octanol–water partition coefficient (Wildman–Crippen LogP) is 2.40. The van der Waals surface area contributed by atoms with Crippen LogP contribution in [0.15, 0.2) is 48.7 Å². The standard InChI is InChI=1S/C14H12N4O/c15-11-6-2-1-5-10(11)14(19)17-12-7-3-4-9-8-16-18-13(9)12/h1-8H,15H2,(H,16,18)(H,17,19). The summed E-state index contributed by atoms with van der Waals surface area (Å²) in [6, 6.07) is 12.6. The Hall–Kier alpha value is -2.82. The van der Waals surface area contributed by atoms with Crippen molar-refractivity contribution in [1.29, 1.82) is 0 Å². The highest BCUT2D eigenvalue weighted by Crippen LogP contribution is 2.22. The lowest BCUT2D eigenvalue weighted by molar-refractivity contribution is 0.102. The van der Waals surface area contributed by atoms with E-state index in [9.17, 15) is 4.79 Å². The summed E-state index contributed by atoms with van der Waals surface area (Å²) in [5.41, 5.74) is 8.18. The van der Waals surface area contributed by atoms with Gasteiger partial charge in [0.25, 0.3) is 5.91 Å². The van der Waals surface area contributed by atoms with Crippen LogP contribution in [0.5, 0.6) is 0 Å². The molecule has 0 saturated carbocycles. The normalized spacial score (nSPS) is 10.5. The van der Waals surface area contributed by atoms with Crippen LogP contribution < -0.4 is 11.1 Å². The number of amides is 1. The molecule has 0 aliphatic rings. The summed E-state index contributed by atoms with van der Waals surface area (Å²) in [7, 11) is 0. The van der Waals surface area contributed by atoms with Crippen LogP contribution in [0.2, 0.25) is 0 Å². The average molecular weight is 252 g/mol. The molecule has 1 aromatic heterocycles. The number of nitrogen functional groups attached to an aromatic ring is 1. The predicted molar refractivity (Wildman–Crippen MR) is 74.9 cm³/mol. The number of nitrogens with zero attached hydrogens (tertiary/aromatic N) is 1. The van der Waals surface area contributed by atoms with Crippen LogP contribution >= 0.6 is 0 Å². The summed E-state index contributed by atoms with van der Waals surface area (Å²) in [5.74, 6) is -0.236. The molecule has 0 radical (unpaired) electrons. The van der Waals surface area contributed by atoms with Crippen molar-refractivity contribution >= 4 is 28.2 Å². The van der Waals surface area contributed by atoms with E-state index >= 15 is 0 Å².